The topological polar surface area (TPSA) is 38.3 Å². The molecule has 16 heavy (non-hydrogen) atoms. The number of ether oxygens (including phenoxy) is 1. The third kappa shape index (κ3) is 3.35. The zero-order chi connectivity index (χ0) is 11.2. The van der Waals surface area contributed by atoms with E-state index in [0.717, 1.165) is 13.0 Å². The summed E-state index contributed by atoms with van der Waals surface area (Å²) in [5, 5.41) is 3.33. The summed E-state index contributed by atoms with van der Waals surface area (Å²) in [6, 6.07) is 9.52. The number of rotatable bonds is 3. The Bertz CT molecular complexity index is 331. The molecule has 0 aromatic heterocycles. The zero-order valence-electron chi connectivity index (χ0n) is 9.32. The van der Waals surface area contributed by atoms with Gasteiger partial charge in [0.05, 0.1) is 6.42 Å². The molecule has 1 aliphatic rings. The van der Waals surface area contributed by atoms with E-state index in [1.807, 2.05) is 18.2 Å². The fraction of sp³-hybridized carbons (Fsp3) is 0.462. The molecule has 0 amide bonds. The minimum atomic E-state index is -0.148. The van der Waals surface area contributed by atoms with Gasteiger partial charge in [-0.05, 0) is 31.5 Å². The molecule has 0 bridgehead atoms. The second-order valence-corrected chi connectivity index (χ2v) is 4.14. The maximum Gasteiger partial charge on any atom is 0.312 e. The number of esters is 1. The third-order valence-electron chi connectivity index (χ3n) is 2.80. The molecule has 0 radical (unpaired) electrons. The first-order chi connectivity index (χ1) is 7.84. The molecule has 2 rings (SSSR count). The molecule has 86 valence electrons. The molecule has 1 aromatic carbocycles. The lowest BCUT2D eigenvalue weighted by Crippen LogP contribution is -2.36. The van der Waals surface area contributed by atoms with Crippen molar-refractivity contribution in [1.29, 1.82) is 0 Å². The molecule has 1 fully saturated rings. The van der Waals surface area contributed by atoms with Gasteiger partial charge in [0.15, 0.2) is 0 Å². The van der Waals surface area contributed by atoms with Crippen LogP contribution in [-0.4, -0.2) is 18.6 Å². The van der Waals surface area contributed by atoms with E-state index in [4.69, 9.17) is 4.74 Å². The van der Waals surface area contributed by atoms with Crippen LogP contribution in [-0.2, 0) is 4.79 Å². The van der Waals surface area contributed by atoms with Gasteiger partial charge in [-0.25, -0.2) is 0 Å². The molecule has 1 saturated heterocycles. The largest absolute Gasteiger partial charge is 0.426 e. The highest BCUT2D eigenvalue weighted by atomic mass is 16.5. The van der Waals surface area contributed by atoms with Crippen LogP contribution in [0.5, 0.6) is 5.75 Å². The van der Waals surface area contributed by atoms with Gasteiger partial charge in [0, 0.05) is 6.04 Å². The molecule has 3 heteroatoms. The number of benzene rings is 1. The van der Waals surface area contributed by atoms with E-state index < -0.39 is 0 Å². The minimum absolute atomic E-state index is 0.148. The number of piperidine rings is 1. The first-order valence-corrected chi connectivity index (χ1v) is 5.84. The smallest absolute Gasteiger partial charge is 0.312 e. The molecule has 0 saturated carbocycles. The summed E-state index contributed by atoms with van der Waals surface area (Å²) in [5.74, 6) is 0.480. The summed E-state index contributed by atoms with van der Waals surface area (Å²) in [7, 11) is 0. The summed E-state index contributed by atoms with van der Waals surface area (Å²) >= 11 is 0. The zero-order valence-corrected chi connectivity index (χ0v) is 9.32. The number of carbonyl (C=O) groups excluding carboxylic acids is 1. The van der Waals surface area contributed by atoms with Gasteiger partial charge in [-0.2, -0.15) is 0 Å². The Kier molecular flexibility index (Phi) is 3.94. The predicted octanol–water partition coefficient (Wildman–Crippen LogP) is 2.12. The van der Waals surface area contributed by atoms with Crippen LogP contribution < -0.4 is 10.1 Å². The Balaban J connectivity index is 1.80. The van der Waals surface area contributed by atoms with Crippen LogP contribution in [0.25, 0.3) is 0 Å². The van der Waals surface area contributed by atoms with Crippen molar-refractivity contribution in [3.63, 3.8) is 0 Å². The van der Waals surface area contributed by atoms with E-state index in [1.54, 1.807) is 12.1 Å². The molecule has 0 spiro atoms. The number of hydrogen-bond donors (Lipinski definition) is 1. The third-order valence-corrected chi connectivity index (χ3v) is 2.80. The predicted molar refractivity (Wildman–Crippen MR) is 62.3 cm³/mol. The van der Waals surface area contributed by atoms with E-state index in [0.29, 0.717) is 18.2 Å². The monoisotopic (exact) mass is 219 g/mol. The van der Waals surface area contributed by atoms with E-state index in [2.05, 4.69) is 5.32 Å². The van der Waals surface area contributed by atoms with Gasteiger partial charge in [0.25, 0.3) is 0 Å². The molecule has 1 aromatic rings. The highest BCUT2D eigenvalue weighted by Crippen LogP contribution is 2.13. The molecule has 1 N–H and O–H groups in total. The first-order valence-electron chi connectivity index (χ1n) is 5.84. The summed E-state index contributed by atoms with van der Waals surface area (Å²) in [6.45, 7) is 1.02. The Morgan fingerprint density at radius 3 is 2.81 bits per heavy atom. The fourth-order valence-electron chi connectivity index (χ4n) is 1.96. The number of hydrogen-bond acceptors (Lipinski definition) is 3. The molecule has 1 heterocycles. The summed E-state index contributed by atoms with van der Waals surface area (Å²) in [6.07, 6.45) is 3.96. The first kappa shape index (κ1) is 11.1. The lowest BCUT2D eigenvalue weighted by atomic mass is 10.0. The molecule has 1 atom stereocenters. The van der Waals surface area contributed by atoms with Crippen molar-refractivity contribution in [2.75, 3.05) is 6.54 Å². The normalized spacial score (nSPS) is 20.4. The van der Waals surface area contributed by atoms with E-state index >= 15 is 0 Å². The average Bonchev–Trinajstić information content (AvgIpc) is 2.31. The van der Waals surface area contributed by atoms with Gasteiger partial charge >= 0.3 is 5.97 Å². The Morgan fingerprint density at radius 2 is 2.12 bits per heavy atom. The summed E-state index contributed by atoms with van der Waals surface area (Å²) in [5.41, 5.74) is 0. The van der Waals surface area contributed by atoms with Crippen molar-refractivity contribution in [1.82, 2.24) is 5.32 Å². The quantitative estimate of drug-likeness (QED) is 0.625. The Hall–Kier alpha value is -1.35. The lowest BCUT2D eigenvalue weighted by molar-refractivity contribution is -0.135. The van der Waals surface area contributed by atoms with Gasteiger partial charge in [-0.1, -0.05) is 24.6 Å². The van der Waals surface area contributed by atoms with Gasteiger partial charge in [0.2, 0.25) is 0 Å². The number of carbonyl (C=O) groups is 1. The Labute approximate surface area is 95.8 Å². The van der Waals surface area contributed by atoms with Crippen molar-refractivity contribution in [2.45, 2.75) is 31.7 Å². The second-order valence-electron chi connectivity index (χ2n) is 4.14. The SMILES string of the molecule is O=C(CC1CCCCN1)Oc1ccccc1. The van der Waals surface area contributed by atoms with E-state index in [9.17, 15) is 4.79 Å². The highest BCUT2D eigenvalue weighted by molar-refractivity contribution is 5.73. The van der Waals surface area contributed by atoms with Gasteiger partial charge in [-0.15, -0.1) is 0 Å². The fourth-order valence-corrected chi connectivity index (χ4v) is 1.96. The Morgan fingerprint density at radius 1 is 1.31 bits per heavy atom. The average molecular weight is 219 g/mol. The molecular weight excluding hydrogens is 202 g/mol. The lowest BCUT2D eigenvalue weighted by Gasteiger charge is -2.22. The van der Waals surface area contributed by atoms with Crippen LogP contribution in [0.1, 0.15) is 25.7 Å². The second kappa shape index (κ2) is 5.66. The molecule has 3 nitrogen and oxygen atoms in total. The highest BCUT2D eigenvalue weighted by Gasteiger charge is 2.17. The van der Waals surface area contributed by atoms with Crippen LogP contribution in [0.3, 0.4) is 0 Å². The molecule has 1 unspecified atom stereocenters. The van der Waals surface area contributed by atoms with Crippen molar-refractivity contribution in [2.24, 2.45) is 0 Å². The van der Waals surface area contributed by atoms with Crippen molar-refractivity contribution in [3.8, 4) is 5.75 Å². The molecular formula is C13H17NO2. The van der Waals surface area contributed by atoms with E-state index in [1.165, 1.54) is 12.8 Å². The van der Waals surface area contributed by atoms with Crippen LogP contribution in [0.4, 0.5) is 0 Å². The van der Waals surface area contributed by atoms with Gasteiger partial charge in [0.1, 0.15) is 5.75 Å². The van der Waals surface area contributed by atoms with Crippen LogP contribution in [0, 0.1) is 0 Å². The number of nitrogens with one attached hydrogen (secondary N) is 1. The van der Waals surface area contributed by atoms with Crippen LogP contribution >= 0.6 is 0 Å². The molecule has 1 aliphatic heterocycles. The maximum atomic E-state index is 11.6. The maximum absolute atomic E-state index is 11.6. The van der Waals surface area contributed by atoms with E-state index in [-0.39, 0.29) is 5.97 Å². The minimum Gasteiger partial charge on any atom is -0.426 e. The van der Waals surface area contributed by atoms with Gasteiger partial charge < -0.3 is 10.1 Å². The van der Waals surface area contributed by atoms with Crippen molar-refractivity contribution >= 4 is 5.97 Å². The van der Waals surface area contributed by atoms with Crippen molar-refractivity contribution < 1.29 is 9.53 Å². The number of para-hydroxylation sites is 1. The standard InChI is InChI=1S/C13H17NO2/c15-13(10-11-6-4-5-9-14-11)16-12-7-2-1-3-8-12/h1-3,7-8,11,14H,4-6,9-10H2. The summed E-state index contributed by atoms with van der Waals surface area (Å²) in [4.78, 5) is 11.6. The van der Waals surface area contributed by atoms with Crippen molar-refractivity contribution in [3.05, 3.63) is 30.3 Å². The molecule has 0 aliphatic carbocycles. The van der Waals surface area contributed by atoms with Crippen LogP contribution in [0.15, 0.2) is 30.3 Å². The van der Waals surface area contributed by atoms with Crippen LogP contribution in [0.2, 0.25) is 0 Å². The van der Waals surface area contributed by atoms with Gasteiger partial charge in [-0.3, -0.25) is 4.79 Å². The summed E-state index contributed by atoms with van der Waals surface area (Å²) < 4.78 is 5.24.